The molecule has 0 saturated carbocycles. The molecule has 3 nitrogen and oxygen atoms in total. The Balaban J connectivity index is 2.45. The molecule has 0 amide bonds. The maximum atomic E-state index is 11.4. The Bertz CT molecular complexity index is 236. The van der Waals surface area contributed by atoms with Crippen LogP contribution < -0.4 is 0 Å². The van der Waals surface area contributed by atoms with Crippen LogP contribution in [0.2, 0.25) is 0 Å². The molecule has 0 spiro atoms. The Kier molecular flexibility index (Phi) is 4.78. The lowest BCUT2D eigenvalue weighted by Gasteiger charge is -2.27. The lowest BCUT2D eigenvalue weighted by atomic mass is 9.82. The summed E-state index contributed by atoms with van der Waals surface area (Å²) in [6.45, 7) is 9.61. The van der Waals surface area contributed by atoms with Gasteiger partial charge in [-0.1, -0.05) is 20.8 Å². The summed E-state index contributed by atoms with van der Waals surface area (Å²) >= 11 is 0. The first kappa shape index (κ1) is 13.5. The molecule has 1 unspecified atom stereocenters. The van der Waals surface area contributed by atoms with Gasteiger partial charge in [-0.2, -0.15) is 0 Å². The minimum absolute atomic E-state index is 0.00508. The van der Waals surface area contributed by atoms with Crippen LogP contribution in [0.15, 0.2) is 0 Å². The van der Waals surface area contributed by atoms with Crippen molar-refractivity contribution in [3.63, 3.8) is 0 Å². The Morgan fingerprint density at radius 2 is 2.06 bits per heavy atom. The van der Waals surface area contributed by atoms with Crippen LogP contribution in [0.5, 0.6) is 0 Å². The normalized spacial score (nSPS) is 22.0. The van der Waals surface area contributed by atoms with Crippen LogP contribution in [-0.2, 0) is 9.53 Å². The molecule has 1 aliphatic heterocycles. The van der Waals surface area contributed by atoms with E-state index in [4.69, 9.17) is 4.74 Å². The van der Waals surface area contributed by atoms with Crippen molar-refractivity contribution in [1.82, 2.24) is 4.90 Å². The number of carbonyl (C=O) groups excluding carboxylic acids is 1. The number of esters is 1. The number of rotatable bonds is 5. The predicted molar refractivity (Wildman–Crippen MR) is 65.3 cm³/mol. The van der Waals surface area contributed by atoms with Crippen LogP contribution in [0.4, 0.5) is 0 Å². The van der Waals surface area contributed by atoms with E-state index in [1.165, 1.54) is 26.4 Å². The highest BCUT2D eigenvalue weighted by atomic mass is 16.5. The van der Waals surface area contributed by atoms with E-state index in [0.717, 1.165) is 19.6 Å². The van der Waals surface area contributed by atoms with Crippen molar-refractivity contribution in [3.8, 4) is 0 Å². The van der Waals surface area contributed by atoms with Crippen LogP contribution in [-0.4, -0.2) is 37.6 Å². The molecule has 94 valence electrons. The first-order valence-corrected chi connectivity index (χ1v) is 6.37. The van der Waals surface area contributed by atoms with Gasteiger partial charge in [0.25, 0.3) is 0 Å². The van der Waals surface area contributed by atoms with Crippen LogP contribution in [0.3, 0.4) is 0 Å². The van der Waals surface area contributed by atoms with Gasteiger partial charge in [-0.3, -0.25) is 4.79 Å². The van der Waals surface area contributed by atoms with E-state index in [0.29, 0.717) is 5.41 Å². The quantitative estimate of drug-likeness (QED) is 0.675. The molecule has 16 heavy (non-hydrogen) atoms. The molecule has 0 aliphatic carbocycles. The molecule has 1 aliphatic rings. The van der Waals surface area contributed by atoms with Gasteiger partial charge in [0.05, 0.1) is 13.0 Å². The number of ether oxygens (including phenoxy) is 1. The van der Waals surface area contributed by atoms with Crippen LogP contribution >= 0.6 is 0 Å². The Hall–Kier alpha value is -0.570. The summed E-state index contributed by atoms with van der Waals surface area (Å²) in [5, 5.41) is 0. The van der Waals surface area contributed by atoms with Gasteiger partial charge >= 0.3 is 5.97 Å². The molecule has 1 rings (SSSR count). The molecule has 0 N–H and O–H groups in total. The Morgan fingerprint density at radius 3 is 2.50 bits per heavy atom. The molecular weight excluding hydrogens is 202 g/mol. The number of methoxy groups -OCH3 is 1. The monoisotopic (exact) mass is 227 g/mol. The third kappa shape index (κ3) is 2.97. The minimum atomic E-state index is -0.0921. The summed E-state index contributed by atoms with van der Waals surface area (Å²) in [5.41, 5.74) is 0.496. The van der Waals surface area contributed by atoms with Gasteiger partial charge < -0.3 is 9.64 Å². The van der Waals surface area contributed by atoms with Gasteiger partial charge in [-0.25, -0.2) is 0 Å². The largest absolute Gasteiger partial charge is 0.469 e. The molecule has 1 heterocycles. The number of likely N-dealkylation sites (tertiary alicyclic amines) is 1. The van der Waals surface area contributed by atoms with Gasteiger partial charge in [0, 0.05) is 13.1 Å². The molecule has 3 heteroatoms. The summed E-state index contributed by atoms with van der Waals surface area (Å²) in [4.78, 5) is 13.8. The van der Waals surface area contributed by atoms with Gasteiger partial charge in [0.15, 0.2) is 0 Å². The zero-order valence-corrected chi connectivity index (χ0v) is 11.1. The fourth-order valence-corrected chi connectivity index (χ4v) is 2.67. The van der Waals surface area contributed by atoms with Crippen molar-refractivity contribution in [2.24, 2.45) is 11.3 Å². The van der Waals surface area contributed by atoms with Crippen molar-refractivity contribution < 1.29 is 9.53 Å². The third-order valence-corrected chi connectivity index (χ3v) is 4.15. The van der Waals surface area contributed by atoms with Gasteiger partial charge in [0.1, 0.15) is 0 Å². The van der Waals surface area contributed by atoms with Gasteiger partial charge in [-0.15, -0.1) is 0 Å². The van der Waals surface area contributed by atoms with E-state index in [1.807, 2.05) is 6.92 Å². The highest BCUT2D eigenvalue weighted by Crippen LogP contribution is 2.37. The number of carbonyl (C=O) groups is 1. The van der Waals surface area contributed by atoms with Crippen LogP contribution in [0, 0.1) is 11.3 Å². The average Bonchev–Trinajstić information content (AvgIpc) is 2.72. The first-order chi connectivity index (χ1) is 7.56. The van der Waals surface area contributed by atoms with Crippen molar-refractivity contribution in [3.05, 3.63) is 0 Å². The van der Waals surface area contributed by atoms with Crippen molar-refractivity contribution in [2.75, 3.05) is 26.7 Å². The summed E-state index contributed by atoms with van der Waals surface area (Å²) < 4.78 is 4.76. The van der Waals surface area contributed by atoms with E-state index < -0.39 is 0 Å². The zero-order valence-electron chi connectivity index (χ0n) is 11.1. The number of nitrogens with zero attached hydrogens (tertiary/aromatic N) is 1. The fourth-order valence-electron chi connectivity index (χ4n) is 2.67. The smallest absolute Gasteiger partial charge is 0.309 e. The zero-order chi connectivity index (χ0) is 12.2. The summed E-state index contributed by atoms with van der Waals surface area (Å²) in [7, 11) is 1.46. The molecule has 0 bridgehead atoms. The standard InChI is InChI=1S/C13H25NO2/c1-5-13(6-2)7-8-14(10-13)9-11(3)12(15)16-4/h11H,5-10H2,1-4H3. The summed E-state index contributed by atoms with van der Waals surface area (Å²) in [5.74, 6) is -0.0972. The maximum Gasteiger partial charge on any atom is 0.309 e. The summed E-state index contributed by atoms with van der Waals surface area (Å²) in [6, 6.07) is 0. The number of hydrogen-bond donors (Lipinski definition) is 0. The third-order valence-electron chi connectivity index (χ3n) is 4.15. The van der Waals surface area contributed by atoms with E-state index in [9.17, 15) is 4.79 Å². The van der Waals surface area contributed by atoms with Gasteiger partial charge in [0.2, 0.25) is 0 Å². The van der Waals surface area contributed by atoms with Crippen LogP contribution in [0.25, 0.3) is 0 Å². The SMILES string of the molecule is CCC1(CC)CCN(CC(C)C(=O)OC)C1. The molecule has 1 atom stereocenters. The predicted octanol–water partition coefficient (Wildman–Crippen LogP) is 2.31. The van der Waals surface area contributed by atoms with E-state index >= 15 is 0 Å². The number of hydrogen-bond acceptors (Lipinski definition) is 3. The second-order valence-electron chi connectivity index (χ2n) is 5.12. The maximum absolute atomic E-state index is 11.4. The molecule has 0 aromatic carbocycles. The molecule has 0 aromatic rings. The second-order valence-corrected chi connectivity index (χ2v) is 5.12. The minimum Gasteiger partial charge on any atom is -0.469 e. The van der Waals surface area contributed by atoms with Crippen molar-refractivity contribution in [1.29, 1.82) is 0 Å². The molecule has 0 radical (unpaired) electrons. The highest BCUT2D eigenvalue weighted by molar-refractivity contribution is 5.72. The average molecular weight is 227 g/mol. The van der Waals surface area contributed by atoms with Crippen molar-refractivity contribution >= 4 is 5.97 Å². The highest BCUT2D eigenvalue weighted by Gasteiger charge is 2.35. The Morgan fingerprint density at radius 1 is 1.44 bits per heavy atom. The van der Waals surface area contributed by atoms with E-state index in [2.05, 4.69) is 18.7 Å². The fraction of sp³-hybridized carbons (Fsp3) is 0.923. The molecule has 1 fully saturated rings. The van der Waals surface area contributed by atoms with Crippen LogP contribution in [0.1, 0.15) is 40.0 Å². The molecule has 0 aromatic heterocycles. The lowest BCUT2D eigenvalue weighted by molar-refractivity contribution is -0.145. The molecular formula is C13H25NO2. The lowest BCUT2D eigenvalue weighted by Crippen LogP contribution is -2.32. The second kappa shape index (κ2) is 5.67. The van der Waals surface area contributed by atoms with Gasteiger partial charge in [-0.05, 0) is 31.2 Å². The molecule has 1 saturated heterocycles. The van der Waals surface area contributed by atoms with E-state index in [-0.39, 0.29) is 11.9 Å². The van der Waals surface area contributed by atoms with Crippen molar-refractivity contribution in [2.45, 2.75) is 40.0 Å². The first-order valence-electron chi connectivity index (χ1n) is 6.37. The Labute approximate surface area is 99.1 Å². The van der Waals surface area contributed by atoms with E-state index in [1.54, 1.807) is 0 Å². The summed E-state index contributed by atoms with van der Waals surface area (Å²) in [6.07, 6.45) is 3.76. The topological polar surface area (TPSA) is 29.5 Å².